The van der Waals surface area contributed by atoms with Gasteiger partial charge in [0, 0.05) is 42.6 Å². The van der Waals surface area contributed by atoms with Crippen molar-refractivity contribution in [2.45, 2.75) is 26.3 Å². The molecule has 0 fully saturated rings. The maximum Gasteiger partial charge on any atom is 0.287 e. The number of nitrogens with zero attached hydrogens (tertiary/aromatic N) is 2. The highest BCUT2D eigenvalue weighted by Crippen LogP contribution is 2.29. The highest BCUT2D eigenvalue weighted by Gasteiger charge is 2.17. The number of amides is 1. The van der Waals surface area contributed by atoms with Crippen LogP contribution in [0.4, 0.5) is 0 Å². The van der Waals surface area contributed by atoms with E-state index >= 15 is 0 Å². The van der Waals surface area contributed by atoms with E-state index in [0.29, 0.717) is 12.3 Å². The molecule has 0 bridgehead atoms. The molecular formula is C25H25N3O2. The first-order valence-corrected chi connectivity index (χ1v) is 10.6. The van der Waals surface area contributed by atoms with Gasteiger partial charge < -0.3 is 9.73 Å². The van der Waals surface area contributed by atoms with E-state index < -0.39 is 0 Å². The van der Waals surface area contributed by atoms with Crippen molar-refractivity contribution in [3.05, 3.63) is 77.2 Å². The Hall–Kier alpha value is -3.18. The first-order valence-electron chi connectivity index (χ1n) is 10.6. The van der Waals surface area contributed by atoms with Crippen LogP contribution < -0.4 is 5.32 Å². The largest absolute Gasteiger partial charge is 0.450 e. The van der Waals surface area contributed by atoms with Gasteiger partial charge in [-0.1, -0.05) is 36.4 Å². The molecule has 1 N–H and O–H groups in total. The fourth-order valence-electron chi connectivity index (χ4n) is 4.31. The highest BCUT2D eigenvalue weighted by molar-refractivity contribution is 6.06. The molecule has 1 aliphatic heterocycles. The zero-order chi connectivity index (χ0) is 20.5. The molecule has 0 aliphatic carbocycles. The van der Waals surface area contributed by atoms with Crippen LogP contribution in [0.25, 0.3) is 21.9 Å². The molecule has 5 heteroatoms. The van der Waals surface area contributed by atoms with Crippen molar-refractivity contribution < 1.29 is 9.21 Å². The van der Waals surface area contributed by atoms with Gasteiger partial charge in [-0.3, -0.25) is 14.7 Å². The quantitative estimate of drug-likeness (QED) is 0.503. The molecular weight excluding hydrogens is 374 g/mol. The van der Waals surface area contributed by atoms with Crippen LogP contribution in [0, 0.1) is 6.92 Å². The van der Waals surface area contributed by atoms with Crippen LogP contribution in [-0.2, 0) is 13.0 Å². The lowest BCUT2D eigenvalue weighted by Crippen LogP contribution is -2.33. The number of hydrogen-bond acceptors (Lipinski definition) is 4. The maximum atomic E-state index is 12.6. The third-order valence-electron chi connectivity index (χ3n) is 5.93. The summed E-state index contributed by atoms with van der Waals surface area (Å²) in [6.45, 7) is 5.62. The van der Waals surface area contributed by atoms with Crippen LogP contribution in [0.15, 0.2) is 59.0 Å². The van der Waals surface area contributed by atoms with Gasteiger partial charge in [-0.25, -0.2) is 0 Å². The Morgan fingerprint density at radius 1 is 1.10 bits per heavy atom. The number of aromatic nitrogens is 1. The topological polar surface area (TPSA) is 58.4 Å². The molecule has 0 radical (unpaired) electrons. The third kappa shape index (κ3) is 3.57. The minimum Gasteiger partial charge on any atom is -0.450 e. The molecule has 5 rings (SSSR count). The van der Waals surface area contributed by atoms with Gasteiger partial charge in [0.2, 0.25) is 0 Å². The number of aryl methyl sites for hydroxylation is 1. The molecule has 0 saturated heterocycles. The molecule has 3 heterocycles. The van der Waals surface area contributed by atoms with Gasteiger partial charge in [0.05, 0.1) is 5.52 Å². The van der Waals surface area contributed by atoms with Crippen LogP contribution in [-0.4, -0.2) is 35.4 Å². The van der Waals surface area contributed by atoms with Crippen LogP contribution >= 0.6 is 0 Å². The van der Waals surface area contributed by atoms with Gasteiger partial charge in [-0.05, 0) is 49.1 Å². The first-order chi connectivity index (χ1) is 14.7. The molecule has 0 saturated carbocycles. The fraction of sp³-hybridized carbons (Fsp3) is 0.280. The fourth-order valence-corrected chi connectivity index (χ4v) is 4.31. The van der Waals surface area contributed by atoms with E-state index in [2.05, 4.69) is 39.5 Å². The van der Waals surface area contributed by atoms with Crippen molar-refractivity contribution >= 4 is 27.8 Å². The number of pyridine rings is 1. The van der Waals surface area contributed by atoms with E-state index in [1.165, 1.54) is 11.1 Å². The van der Waals surface area contributed by atoms with E-state index in [9.17, 15) is 4.79 Å². The van der Waals surface area contributed by atoms with Gasteiger partial charge in [-0.15, -0.1) is 0 Å². The number of furan rings is 1. The average Bonchev–Trinajstić information content (AvgIpc) is 3.23. The summed E-state index contributed by atoms with van der Waals surface area (Å²) < 4.78 is 5.95. The Labute approximate surface area is 175 Å². The summed E-state index contributed by atoms with van der Waals surface area (Å²) in [5.74, 6) is 0.178. The van der Waals surface area contributed by atoms with Gasteiger partial charge in [0.25, 0.3) is 5.91 Å². The van der Waals surface area contributed by atoms with Crippen LogP contribution in [0.2, 0.25) is 0 Å². The Morgan fingerprint density at radius 3 is 2.80 bits per heavy atom. The molecule has 4 aromatic rings. The van der Waals surface area contributed by atoms with E-state index in [1.807, 2.05) is 31.2 Å². The molecule has 5 nitrogen and oxygen atoms in total. The number of fused-ring (bicyclic) bond motifs is 4. The summed E-state index contributed by atoms with van der Waals surface area (Å²) in [7, 11) is 0. The minimum atomic E-state index is -0.168. The van der Waals surface area contributed by atoms with Crippen LogP contribution in [0.5, 0.6) is 0 Å². The number of para-hydroxylation sites is 1. The molecule has 2 aromatic carbocycles. The molecule has 152 valence electrons. The molecule has 0 unspecified atom stereocenters. The summed E-state index contributed by atoms with van der Waals surface area (Å²) in [5.41, 5.74) is 5.37. The summed E-state index contributed by atoms with van der Waals surface area (Å²) in [5, 5.41) is 4.83. The Balaban J connectivity index is 1.21. The van der Waals surface area contributed by atoms with E-state index in [1.54, 1.807) is 6.07 Å². The lowest BCUT2D eigenvalue weighted by atomic mass is 10.00. The summed E-state index contributed by atoms with van der Waals surface area (Å²) in [6, 6.07) is 18.3. The first kappa shape index (κ1) is 18.8. The van der Waals surface area contributed by atoms with Crippen molar-refractivity contribution in [1.82, 2.24) is 15.2 Å². The Morgan fingerprint density at radius 2 is 1.90 bits per heavy atom. The predicted octanol–water partition coefficient (Wildman–Crippen LogP) is 4.47. The second-order valence-corrected chi connectivity index (χ2v) is 7.97. The highest BCUT2D eigenvalue weighted by atomic mass is 16.3. The molecule has 2 aromatic heterocycles. The SMILES string of the molecule is Cc1nc2ccccc2c2oc(C(=O)NCCCN3CCc4ccccc4C3)cc12. The molecule has 1 amide bonds. The number of carbonyl (C=O) groups is 1. The Kier molecular flexibility index (Phi) is 4.97. The maximum absolute atomic E-state index is 12.6. The summed E-state index contributed by atoms with van der Waals surface area (Å²) >= 11 is 0. The zero-order valence-electron chi connectivity index (χ0n) is 17.1. The number of carbonyl (C=O) groups excluding carboxylic acids is 1. The molecule has 0 spiro atoms. The van der Waals surface area contributed by atoms with Gasteiger partial charge in [0.15, 0.2) is 5.76 Å². The Bertz CT molecular complexity index is 1230. The predicted molar refractivity (Wildman–Crippen MR) is 119 cm³/mol. The lowest BCUT2D eigenvalue weighted by molar-refractivity contribution is 0.0926. The van der Waals surface area contributed by atoms with Crippen molar-refractivity contribution in [3.8, 4) is 0 Å². The summed E-state index contributed by atoms with van der Waals surface area (Å²) in [4.78, 5) is 19.7. The second-order valence-electron chi connectivity index (χ2n) is 7.97. The van der Waals surface area contributed by atoms with Gasteiger partial charge >= 0.3 is 0 Å². The van der Waals surface area contributed by atoms with Crippen LogP contribution in [0.1, 0.15) is 33.8 Å². The monoisotopic (exact) mass is 399 g/mol. The zero-order valence-corrected chi connectivity index (χ0v) is 17.1. The van der Waals surface area contributed by atoms with Gasteiger partial charge in [-0.2, -0.15) is 0 Å². The standard InChI is InChI=1S/C25H25N3O2/c1-17-21-15-23(30-24(21)20-9-4-5-10-22(20)27-17)25(29)26-12-6-13-28-14-11-18-7-2-3-8-19(18)16-28/h2-5,7-10,15H,6,11-14,16H2,1H3,(H,26,29). The number of nitrogens with one attached hydrogen (secondary N) is 1. The molecule has 1 aliphatic rings. The normalized spacial score (nSPS) is 14.2. The number of benzene rings is 2. The van der Waals surface area contributed by atoms with E-state index in [0.717, 1.165) is 60.0 Å². The molecule has 30 heavy (non-hydrogen) atoms. The van der Waals surface area contributed by atoms with Gasteiger partial charge in [0.1, 0.15) is 5.58 Å². The van der Waals surface area contributed by atoms with Crippen molar-refractivity contribution in [1.29, 1.82) is 0 Å². The number of hydrogen-bond donors (Lipinski definition) is 1. The average molecular weight is 399 g/mol. The van der Waals surface area contributed by atoms with Crippen molar-refractivity contribution in [2.75, 3.05) is 19.6 Å². The van der Waals surface area contributed by atoms with E-state index in [-0.39, 0.29) is 5.91 Å². The third-order valence-corrected chi connectivity index (χ3v) is 5.93. The van der Waals surface area contributed by atoms with E-state index in [4.69, 9.17) is 4.42 Å². The summed E-state index contributed by atoms with van der Waals surface area (Å²) in [6.07, 6.45) is 2.01. The lowest BCUT2D eigenvalue weighted by Gasteiger charge is -2.28. The smallest absolute Gasteiger partial charge is 0.287 e. The van der Waals surface area contributed by atoms with Crippen LogP contribution in [0.3, 0.4) is 0 Å². The second kappa shape index (κ2) is 7.92. The minimum absolute atomic E-state index is 0.168. The number of rotatable bonds is 5. The van der Waals surface area contributed by atoms with Crippen molar-refractivity contribution in [3.63, 3.8) is 0 Å². The molecule has 0 atom stereocenters. The van der Waals surface area contributed by atoms with Crippen molar-refractivity contribution in [2.24, 2.45) is 0 Å².